The molecule has 1 aliphatic heterocycles. The van der Waals surface area contributed by atoms with Gasteiger partial charge in [0.25, 0.3) is 10.0 Å². The van der Waals surface area contributed by atoms with E-state index in [0.29, 0.717) is 0 Å². The molecule has 1 aromatic carbocycles. The number of fused-ring (bicyclic) bond motifs is 1. The number of benzene rings is 1. The highest BCUT2D eigenvalue weighted by molar-refractivity contribution is 7.91. The number of ether oxygens (including phenoxy) is 1. The van der Waals surface area contributed by atoms with Gasteiger partial charge in [0.05, 0.1) is 12.1 Å². The molecule has 5 nitrogen and oxygen atoms in total. The second-order valence-electron chi connectivity index (χ2n) is 3.02. The standard InChI is InChI=1S/C9H6ClNO4S/c1-15-9(12)7-5-3-2-4-6(10)8(5)16(13,14)11-7/h2-4H,1H3. The van der Waals surface area contributed by atoms with Crippen molar-refractivity contribution in [2.24, 2.45) is 4.40 Å². The summed E-state index contributed by atoms with van der Waals surface area (Å²) in [5.74, 6) is -0.801. The summed E-state index contributed by atoms with van der Waals surface area (Å²) in [5, 5.41) is 0.0418. The van der Waals surface area contributed by atoms with Gasteiger partial charge in [-0.2, -0.15) is 12.8 Å². The number of carbonyl (C=O) groups excluding carboxylic acids is 1. The van der Waals surface area contributed by atoms with E-state index >= 15 is 0 Å². The van der Waals surface area contributed by atoms with E-state index < -0.39 is 16.0 Å². The van der Waals surface area contributed by atoms with E-state index in [1.165, 1.54) is 12.1 Å². The van der Waals surface area contributed by atoms with Gasteiger partial charge in [0.2, 0.25) is 0 Å². The summed E-state index contributed by atoms with van der Waals surface area (Å²) in [7, 11) is -2.73. The first-order chi connectivity index (χ1) is 7.47. The van der Waals surface area contributed by atoms with Crippen LogP contribution in [0.2, 0.25) is 5.02 Å². The second-order valence-corrected chi connectivity index (χ2v) is 4.97. The maximum atomic E-state index is 11.6. The lowest BCUT2D eigenvalue weighted by Crippen LogP contribution is -2.15. The van der Waals surface area contributed by atoms with Gasteiger partial charge in [-0.25, -0.2) is 4.79 Å². The summed E-state index contributed by atoms with van der Waals surface area (Å²) in [6.07, 6.45) is 0. The number of halogens is 1. The van der Waals surface area contributed by atoms with Crippen molar-refractivity contribution in [2.45, 2.75) is 4.90 Å². The first-order valence-corrected chi connectivity index (χ1v) is 6.01. The Balaban J connectivity index is 2.75. The molecule has 0 atom stereocenters. The number of sulfonamides is 1. The van der Waals surface area contributed by atoms with Crippen LogP contribution in [-0.2, 0) is 19.6 Å². The van der Waals surface area contributed by atoms with Gasteiger partial charge in [-0.3, -0.25) is 0 Å². The topological polar surface area (TPSA) is 72.8 Å². The number of rotatable bonds is 1. The third kappa shape index (κ3) is 1.50. The fourth-order valence-corrected chi connectivity index (χ4v) is 3.15. The maximum absolute atomic E-state index is 11.6. The molecule has 7 heteroatoms. The molecular formula is C9H6ClNO4S. The fourth-order valence-electron chi connectivity index (χ4n) is 1.42. The van der Waals surface area contributed by atoms with Crippen molar-refractivity contribution in [3.8, 4) is 0 Å². The molecule has 16 heavy (non-hydrogen) atoms. The lowest BCUT2D eigenvalue weighted by molar-refractivity contribution is -0.132. The predicted octanol–water partition coefficient (Wildman–Crippen LogP) is 1.00. The van der Waals surface area contributed by atoms with Crippen molar-refractivity contribution in [3.05, 3.63) is 28.8 Å². The molecule has 0 fully saturated rings. The molecular weight excluding hydrogens is 254 g/mol. The molecule has 1 heterocycles. The number of carbonyl (C=O) groups is 1. The van der Waals surface area contributed by atoms with Crippen molar-refractivity contribution in [2.75, 3.05) is 7.11 Å². The largest absolute Gasteiger partial charge is 0.464 e. The van der Waals surface area contributed by atoms with E-state index in [0.717, 1.165) is 7.11 Å². The monoisotopic (exact) mass is 259 g/mol. The van der Waals surface area contributed by atoms with Gasteiger partial charge < -0.3 is 4.74 Å². The van der Waals surface area contributed by atoms with Crippen LogP contribution in [-0.4, -0.2) is 27.2 Å². The Morgan fingerprint density at radius 2 is 2.12 bits per heavy atom. The lowest BCUT2D eigenvalue weighted by atomic mass is 10.1. The first-order valence-electron chi connectivity index (χ1n) is 4.19. The number of esters is 1. The Kier molecular flexibility index (Phi) is 2.47. The minimum Gasteiger partial charge on any atom is -0.464 e. The van der Waals surface area contributed by atoms with Gasteiger partial charge >= 0.3 is 5.97 Å². The zero-order valence-corrected chi connectivity index (χ0v) is 9.67. The number of nitrogens with zero attached hydrogens (tertiary/aromatic N) is 1. The van der Waals surface area contributed by atoms with Crippen LogP contribution in [0.1, 0.15) is 5.56 Å². The van der Waals surface area contributed by atoms with Crippen LogP contribution in [0, 0.1) is 0 Å². The quantitative estimate of drug-likeness (QED) is 0.706. The summed E-state index contributed by atoms with van der Waals surface area (Å²) in [4.78, 5) is 11.2. The SMILES string of the molecule is COC(=O)C1=NS(=O)(=O)c2c(Cl)cccc21. The molecule has 0 aromatic heterocycles. The molecule has 1 aliphatic rings. The molecule has 0 N–H and O–H groups in total. The van der Waals surface area contributed by atoms with E-state index in [4.69, 9.17) is 11.6 Å². The van der Waals surface area contributed by atoms with E-state index in [1.807, 2.05) is 0 Å². The Morgan fingerprint density at radius 3 is 2.75 bits per heavy atom. The van der Waals surface area contributed by atoms with Crippen LogP contribution in [0.15, 0.2) is 27.5 Å². The van der Waals surface area contributed by atoms with Gasteiger partial charge in [-0.15, -0.1) is 0 Å². The molecule has 2 rings (SSSR count). The van der Waals surface area contributed by atoms with Gasteiger partial charge in [0.1, 0.15) is 4.90 Å². The maximum Gasteiger partial charge on any atom is 0.358 e. The molecule has 0 saturated heterocycles. The lowest BCUT2D eigenvalue weighted by Gasteiger charge is -2.00. The zero-order chi connectivity index (χ0) is 11.9. The Morgan fingerprint density at radius 1 is 1.44 bits per heavy atom. The smallest absolute Gasteiger partial charge is 0.358 e. The summed E-state index contributed by atoms with van der Waals surface area (Å²) in [5.41, 5.74) is -0.0562. The van der Waals surface area contributed by atoms with E-state index in [2.05, 4.69) is 9.13 Å². The highest BCUT2D eigenvalue weighted by Crippen LogP contribution is 2.32. The van der Waals surface area contributed by atoms with Crippen molar-refractivity contribution in [3.63, 3.8) is 0 Å². The fraction of sp³-hybridized carbons (Fsp3) is 0.111. The number of hydrogen-bond acceptors (Lipinski definition) is 4. The molecule has 84 valence electrons. The average molecular weight is 260 g/mol. The second kappa shape index (κ2) is 3.57. The van der Waals surface area contributed by atoms with Crippen LogP contribution >= 0.6 is 11.6 Å². The molecule has 0 spiro atoms. The van der Waals surface area contributed by atoms with Gasteiger partial charge in [0.15, 0.2) is 5.71 Å². The predicted molar refractivity (Wildman–Crippen MR) is 57.2 cm³/mol. The van der Waals surface area contributed by atoms with Crippen LogP contribution in [0.3, 0.4) is 0 Å². The van der Waals surface area contributed by atoms with Crippen molar-refractivity contribution in [1.82, 2.24) is 0 Å². The number of hydrogen-bond donors (Lipinski definition) is 0. The van der Waals surface area contributed by atoms with Crippen molar-refractivity contribution in [1.29, 1.82) is 0 Å². The molecule has 0 saturated carbocycles. The van der Waals surface area contributed by atoms with Crippen LogP contribution < -0.4 is 0 Å². The first kappa shape index (κ1) is 11.1. The summed E-state index contributed by atoms with van der Waals surface area (Å²) in [6.45, 7) is 0. The zero-order valence-electron chi connectivity index (χ0n) is 8.10. The number of methoxy groups -OCH3 is 1. The minimum atomic E-state index is -3.89. The van der Waals surface area contributed by atoms with Crippen LogP contribution in [0.25, 0.3) is 0 Å². The third-order valence-electron chi connectivity index (χ3n) is 2.07. The Labute approximate surface area is 96.8 Å². The van der Waals surface area contributed by atoms with Gasteiger partial charge in [-0.05, 0) is 6.07 Å². The van der Waals surface area contributed by atoms with Crippen molar-refractivity contribution >= 4 is 33.3 Å². The molecule has 1 aromatic rings. The van der Waals surface area contributed by atoms with Crippen LogP contribution in [0.4, 0.5) is 0 Å². The molecule has 0 amide bonds. The molecule has 0 aliphatic carbocycles. The molecule has 0 bridgehead atoms. The highest BCUT2D eigenvalue weighted by atomic mass is 35.5. The summed E-state index contributed by atoms with van der Waals surface area (Å²) in [6, 6.07) is 4.43. The summed E-state index contributed by atoms with van der Waals surface area (Å²) >= 11 is 5.76. The minimum absolute atomic E-state index is 0.0418. The van der Waals surface area contributed by atoms with E-state index in [-0.39, 0.29) is 21.2 Å². The van der Waals surface area contributed by atoms with E-state index in [9.17, 15) is 13.2 Å². The summed E-state index contributed by atoms with van der Waals surface area (Å²) < 4.78 is 31.0. The van der Waals surface area contributed by atoms with Gasteiger partial charge in [0, 0.05) is 5.56 Å². The average Bonchev–Trinajstić information content (AvgIpc) is 2.51. The Bertz CT molecular complexity index is 606. The molecule has 0 radical (unpaired) electrons. The highest BCUT2D eigenvalue weighted by Gasteiger charge is 2.35. The van der Waals surface area contributed by atoms with Crippen molar-refractivity contribution < 1.29 is 17.9 Å². The Hall–Kier alpha value is -1.40. The molecule has 0 unspecified atom stereocenters. The van der Waals surface area contributed by atoms with E-state index in [1.54, 1.807) is 6.07 Å². The third-order valence-corrected chi connectivity index (χ3v) is 3.88. The normalized spacial score (nSPS) is 16.5. The van der Waals surface area contributed by atoms with Gasteiger partial charge in [-0.1, -0.05) is 23.7 Å². The van der Waals surface area contributed by atoms with Crippen LogP contribution in [0.5, 0.6) is 0 Å².